The first-order valence-electron chi connectivity index (χ1n) is 8.02. The molecule has 0 fully saturated rings. The van der Waals surface area contributed by atoms with Crippen LogP contribution in [-0.4, -0.2) is 5.91 Å². The van der Waals surface area contributed by atoms with Gasteiger partial charge >= 0.3 is 0 Å². The molecule has 1 amide bonds. The normalized spacial score (nSPS) is 18.1. The van der Waals surface area contributed by atoms with E-state index in [-0.39, 0.29) is 5.91 Å². The summed E-state index contributed by atoms with van der Waals surface area (Å²) in [4.78, 5) is 28.2. The molecule has 1 atom stereocenters. The van der Waals surface area contributed by atoms with Crippen LogP contribution in [0.1, 0.15) is 27.0 Å². The van der Waals surface area contributed by atoms with Crippen LogP contribution in [0.4, 0.5) is 5.69 Å². The summed E-state index contributed by atoms with van der Waals surface area (Å²) in [5.74, 6) is 5.58. The molecule has 1 aliphatic rings. The van der Waals surface area contributed by atoms with E-state index in [9.17, 15) is 9.70 Å². The quantitative estimate of drug-likeness (QED) is 0.560. The molecule has 4 rings (SSSR count). The average molecular weight is 345 g/mol. The van der Waals surface area contributed by atoms with E-state index in [1.165, 1.54) is 0 Å². The third-order valence-electron chi connectivity index (χ3n) is 4.71. The zero-order valence-electron chi connectivity index (χ0n) is 13.7. The Morgan fingerprint density at radius 2 is 1.50 bits per heavy atom. The number of hydrogen-bond donors (Lipinski definition) is 2. The number of fused-ring (bicyclic) bond motifs is 1. The van der Waals surface area contributed by atoms with Gasteiger partial charge in [-0.2, -0.15) is 5.90 Å². The zero-order chi connectivity index (χ0) is 18.1. The molecule has 3 aromatic rings. The third kappa shape index (κ3) is 2.28. The minimum atomic E-state index is -0.873. The molecule has 0 bridgehead atoms. The van der Waals surface area contributed by atoms with Crippen molar-refractivity contribution < 1.29 is 9.63 Å². The van der Waals surface area contributed by atoms with Crippen molar-refractivity contribution in [1.82, 2.24) is 5.32 Å². The molecule has 3 N–H and O–H groups in total. The molecule has 3 aromatic carbocycles. The Bertz CT molecular complexity index is 984. The van der Waals surface area contributed by atoms with Crippen LogP contribution in [0.2, 0.25) is 0 Å². The minimum Gasteiger partial charge on any atom is -0.412 e. The fourth-order valence-corrected chi connectivity index (χ4v) is 3.49. The fraction of sp³-hybridized carbons (Fsp3) is 0.0500. The number of carbonyl (C=O) groups is 1. The first-order chi connectivity index (χ1) is 12.7. The van der Waals surface area contributed by atoms with Crippen LogP contribution in [-0.2, 0) is 5.54 Å². The highest BCUT2D eigenvalue weighted by Crippen LogP contribution is 2.43. The Hall–Kier alpha value is -3.51. The Morgan fingerprint density at radius 1 is 0.885 bits per heavy atom. The number of amides is 1. The standard InChI is InChI=1S/C20H15N3O3/c21-26-16-11-7-14(8-12-16)20(13-5-9-15(23-25)10-6-13)18-4-2-1-3-17(18)19(24)22-20/h1-12H,21H2,(H,22,24). The number of benzene rings is 3. The Balaban J connectivity index is 1.98. The van der Waals surface area contributed by atoms with E-state index in [1.54, 1.807) is 42.5 Å². The molecule has 1 unspecified atom stereocenters. The molecule has 0 radical (unpaired) electrons. The van der Waals surface area contributed by atoms with E-state index >= 15 is 0 Å². The Labute approximate surface area is 149 Å². The van der Waals surface area contributed by atoms with Crippen LogP contribution < -0.4 is 16.1 Å². The van der Waals surface area contributed by atoms with Gasteiger partial charge in [0.25, 0.3) is 5.91 Å². The number of nitrogens with one attached hydrogen (secondary N) is 1. The second kappa shape index (κ2) is 6.09. The summed E-state index contributed by atoms with van der Waals surface area (Å²) < 4.78 is 0. The van der Waals surface area contributed by atoms with Gasteiger partial charge in [0.05, 0.1) is 0 Å². The molecule has 0 spiro atoms. The molecule has 0 saturated carbocycles. The first kappa shape index (κ1) is 16.0. The highest BCUT2D eigenvalue weighted by atomic mass is 16.6. The van der Waals surface area contributed by atoms with Gasteiger partial charge in [0, 0.05) is 5.56 Å². The molecule has 1 aliphatic heterocycles. The monoisotopic (exact) mass is 345 g/mol. The highest BCUT2D eigenvalue weighted by molar-refractivity contribution is 6.01. The van der Waals surface area contributed by atoms with Crippen LogP contribution in [0, 0.1) is 4.91 Å². The van der Waals surface area contributed by atoms with Gasteiger partial charge in [-0.1, -0.05) is 42.5 Å². The Morgan fingerprint density at radius 3 is 2.12 bits per heavy atom. The minimum absolute atomic E-state index is 0.155. The van der Waals surface area contributed by atoms with Crippen molar-refractivity contribution in [3.8, 4) is 5.75 Å². The number of rotatable bonds is 4. The van der Waals surface area contributed by atoms with Crippen LogP contribution in [0.15, 0.2) is 78.0 Å². The van der Waals surface area contributed by atoms with E-state index in [0.29, 0.717) is 17.0 Å². The summed E-state index contributed by atoms with van der Waals surface area (Å²) in [5, 5.41) is 6.07. The van der Waals surface area contributed by atoms with Gasteiger partial charge in [0.2, 0.25) is 0 Å². The van der Waals surface area contributed by atoms with Gasteiger partial charge in [-0.3, -0.25) is 4.79 Å². The number of nitroso groups, excluding NO2 is 1. The molecule has 26 heavy (non-hydrogen) atoms. The number of carbonyl (C=O) groups excluding carboxylic acids is 1. The second-order valence-electron chi connectivity index (χ2n) is 6.03. The van der Waals surface area contributed by atoms with Crippen molar-refractivity contribution in [2.45, 2.75) is 5.54 Å². The molecule has 6 nitrogen and oxygen atoms in total. The van der Waals surface area contributed by atoms with Crippen LogP contribution in [0.5, 0.6) is 5.75 Å². The van der Waals surface area contributed by atoms with Gasteiger partial charge in [0.1, 0.15) is 17.0 Å². The van der Waals surface area contributed by atoms with Gasteiger partial charge in [0.15, 0.2) is 0 Å². The first-order valence-corrected chi connectivity index (χ1v) is 8.02. The van der Waals surface area contributed by atoms with Gasteiger partial charge in [-0.05, 0) is 52.2 Å². The van der Waals surface area contributed by atoms with Gasteiger partial charge < -0.3 is 10.2 Å². The second-order valence-corrected chi connectivity index (χ2v) is 6.03. The van der Waals surface area contributed by atoms with E-state index in [0.717, 1.165) is 16.7 Å². The molecule has 0 aromatic heterocycles. The lowest BCUT2D eigenvalue weighted by Crippen LogP contribution is -2.41. The maximum Gasteiger partial charge on any atom is 0.252 e. The smallest absolute Gasteiger partial charge is 0.252 e. The van der Waals surface area contributed by atoms with Crippen molar-refractivity contribution >= 4 is 11.6 Å². The number of hydrogen-bond acceptors (Lipinski definition) is 5. The van der Waals surface area contributed by atoms with Crippen molar-refractivity contribution in [3.05, 3.63) is 100.0 Å². The molecule has 1 heterocycles. The summed E-state index contributed by atoms with van der Waals surface area (Å²) in [6.07, 6.45) is 0. The van der Waals surface area contributed by atoms with Crippen molar-refractivity contribution in [2.75, 3.05) is 0 Å². The molecular weight excluding hydrogens is 330 g/mol. The van der Waals surface area contributed by atoms with E-state index in [4.69, 9.17) is 10.7 Å². The van der Waals surface area contributed by atoms with Crippen molar-refractivity contribution in [2.24, 2.45) is 11.1 Å². The summed E-state index contributed by atoms with van der Waals surface area (Å²) in [6, 6.07) is 21.5. The highest BCUT2D eigenvalue weighted by Gasteiger charge is 2.45. The van der Waals surface area contributed by atoms with E-state index in [1.807, 2.05) is 30.3 Å². The number of nitrogens with zero attached hydrogens (tertiary/aromatic N) is 1. The van der Waals surface area contributed by atoms with Crippen LogP contribution in [0.25, 0.3) is 0 Å². The third-order valence-corrected chi connectivity index (χ3v) is 4.71. The lowest BCUT2D eigenvalue weighted by atomic mass is 9.78. The summed E-state index contributed by atoms with van der Waals surface area (Å²) in [7, 11) is 0. The molecule has 0 aliphatic carbocycles. The maximum absolute atomic E-state index is 12.6. The average Bonchev–Trinajstić information content (AvgIpc) is 3.02. The SMILES string of the molecule is NOc1ccc(C2(c3ccc(N=O)cc3)NC(=O)c3ccccc32)cc1. The summed E-state index contributed by atoms with van der Waals surface area (Å²) >= 11 is 0. The van der Waals surface area contributed by atoms with Crippen molar-refractivity contribution in [1.29, 1.82) is 0 Å². The zero-order valence-corrected chi connectivity index (χ0v) is 13.7. The van der Waals surface area contributed by atoms with Gasteiger partial charge in [-0.15, -0.1) is 4.91 Å². The summed E-state index contributed by atoms with van der Waals surface area (Å²) in [6.45, 7) is 0. The molecule has 6 heteroatoms. The predicted molar refractivity (Wildman–Crippen MR) is 96.9 cm³/mol. The predicted octanol–water partition coefficient (Wildman–Crippen LogP) is 3.37. The van der Waals surface area contributed by atoms with E-state index in [2.05, 4.69) is 10.5 Å². The lowest BCUT2D eigenvalue weighted by Gasteiger charge is -2.32. The largest absolute Gasteiger partial charge is 0.412 e. The molecular formula is C20H15N3O3. The van der Waals surface area contributed by atoms with Crippen molar-refractivity contribution in [3.63, 3.8) is 0 Å². The van der Waals surface area contributed by atoms with Crippen LogP contribution >= 0.6 is 0 Å². The van der Waals surface area contributed by atoms with E-state index < -0.39 is 5.54 Å². The number of nitrogens with two attached hydrogens (primary N) is 1. The van der Waals surface area contributed by atoms with Crippen LogP contribution in [0.3, 0.4) is 0 Å². The maximum atomic E-state index is 12.6. The fourth-order valence-electron chi connectivity index (χ4n) is 3.49. The van der Waals surface area contributed by atoms with Gasteiger partial charge in [-0.25, -0.2) is 0 Å². The lowest BCUT2D eigenvalue weighted by molar-refractivity contribution is 0.0948. The summed E-state index contributed by atoms with van der Waals surface area (Å²) in [5.41, 5.74) is 2.59. The molecule has 0 saturated heterocycles. The Kier molecular flexibility index (Phi) is 3.74. The molecule has 128 valence electrons. The topological polar surface area (TPSA) is 93.8 Å².